The van der Waals surface area contributed by atoms with Crippen LogP contribution in [-0.2, 0) is 11.2 Å². The highest BCUT2D eigenvalue weighted by atomic mass is 16.5. The Kier molecular flexibility index (Phi) is 10.3. The van der Waals surface area contributed by atoms with Crippen LogP contribution >= 0.6 is 0 Å². The van der Waals surface area contributed by atoms with Crippen LogP contribution in [0.4, 0.5) is 17.3 Å². The lowest BCUT2D eigenvalue weighted by Crippen LogP contribution is -2.32. The van der Waals surface area contributed by atoms with Gasteiger partial charge in [-0.15, -0.1) is 6.42 Å². The Morgan fingerprint density at radius 3 is 2.51 bits per heavy atom. The topological polar surface area (TPSA) is 91.9 Å². The van der Waals surface area contributed by atoms with E-state index in [1.54, 1.807) is 0 Å². The highest BCUT2D eigenvalue weighted by molar-refractivity contribution is 6.03. The van der Waals surface area contributed by atoms with Gasteiger partial charge in [-0.2, -0.15) is 5.10 Å². The Bertz CT molecular complexity index is 1020. The molecule has 8 nitrogen and oxygen atoms in total. The van der Waals surface area contributed by atoms with E-state index in [-0.39, 0.29) is 0 Å². The molecule has 1 aromatic heterocycles. The van der Waals surface area contributed by atoms with Gasteiger partial charge in [-0.1, -0.05) is 19.9 Å². The average Bonchev–Trinajstić information content (AvgIpc) is 2.88. The van der Waals surface area contributed by atoms with Gasteiger partial charge in [0.2, 0.25) is 5.82 Å². The Hall–Kier alpha value is -3.15. The maximum absolute atomic E-state index is 5.98. The third kappa shape index (κ3) is 7.94. The van der Waals surface area contributed by atoms with Crippen molar-refractivity contribution in [2.45, 2.75) is 46.0 Å². The van der Waals surface area contributed by atoms with Crippen molar-refractivity contribution in [2.75, 3.05) is 62.5 Å². The van der Waals surface area contributed by atoms with Gasteiger partial charge in [-0.3, -0.25) is 5.43 Å². The molecule has 4 rings (SSSR count). The normalized spacial score (nSPS) is 16.6. The lowest BCUT2D eigenvalue weighted by Gasteiger charge is -2.23. The summed E-state index contributed by atoms with van der Waals surface area (Å²) in [5.41, 5.74) is 13.2. The van der Waals surface area contributed by atoms with Gasteiger partial charge in [0.25, 0.3) is 0 Å². The van der Waals surface area contributed by atoms with Crippen molar-refractivity contribution in [3.63, 3.8) is 0 Å². The van der Waals surface area contributed by atoms with Crippen molar-refractivity contribution in [2.24, 2.45) is 5.10 Å². The predicted octanol–water partition coefficient (Wildman–Crippen LogP) is 3.77. The highest BCUT2D eigenvalue weighted by Crippen LogP contribution is 2.24. The van der Waals surface area contributed by atoms with Crippen LogP contribution in [0.3, 0.4) is 0 Å². The molecule has 3 N–H and O–H groups in total. The zero-order valence-electron chi connectivity index (χ0n) is 21.4. The van der Waals surface area contributed by atoms with Crippen LogP contribution in [0.15, 0.2) is 29.4 Å². The van der Waals surface area contributed by atoms with E-state index in [9.17, 15) is 0 Å². The molecule has 1 aliphatic carbocycles. The zero-order valence-corrected chi connectivity index (χ0v) is 21.4. The Balaban J connectivity index is 0.000000420. The summed E-state index contributed by atoms with van der Waals surface area (Å²) >= 11 is 0. The second kappa shape index (κ2) is 13.7. The maximum atomic E-state index is 5.98. The quantitative estimate of drug-likeness (QED) is 0.356. The van der Waals surface area contributed by atoms with Gasteiger partial charge in [0.05, 0.1) is 18.9 Å². The number of hydrazone groups is 1. The van der Waals surface area contributed by atoms with Gasteiger partial charge in [0.1, 0.15) is 5.82 Å². The molecule has 35 heavy (non-hydrogen) atoms. The molecular weight excluding hydrogens is 438 g/mol. The maximum Gasteiger partial charge on any atom is 0.208 e. The van der Waals surface area contributed by atoms with Crippen LogP contribution in [0.25, 0.3) is 0 Å². The van der Waals surface area contributed by atoms with Crippen LogP contribution in [0.2, 0.25) is 0 Å². The van der Waals surface area contributed by atoms with E-state index in [4.69, 9.17) is 16.9 Å². The first-order chi connectivity index (χ1) is 17.0. The summed E-state index contributed by atoms with van der Waals surface area (Å²) < 4.78 is 5.10. The lowest BCUT2D eigenvalue weighted by molar-refractivity contribution is 0.0503. The fourth-order valence-corrected chi connectivity index (χ4v) is 4.16. The van der Waals surface area contributed by atoms with Crippen molar-refractivity contribution >= 4 is 23.0 Å². The van der Waals surface area contributed by atoms with Crippen LogP contribution in [0.1, 0.15) is 56.5 Å². The summed E-state index contributed by atoms with van der Waals surface area (Å²) in [5.74, 6) is 4.37. The van der Waals surface area contributed by atoms with Gasteiger partial charge in [0, 0.05) is 43.5 Å². The number of hydrogen-bond donors (Lipinski definition) is 2. The van der Waals surface area contributed by atoms with Crippen LogP contribution < -0.4 is 16.1 Å². The summed E-state index contributed by atoms with van der Waals surface area (Å²) in [6.45, 7) is 10.2. The number of morpholine rings is 1. The second-order valence-electron chi connectivity index (χ2n) is 8.92. The van der Waals surface area contributed by atoms with Crippen molar-refractivity contribution in [3.05, 3.63) is 41.2 Å². The number of nitrogen functional groups attached to an aromatic ring is 1. The summed E-state index contributed by atoms with van der Waals surface area (Å²) in [4.78, 5) is 13.4. The molecule has 2 aromatic rings. The van der Waals surface area contributed by atoms with E-state index < -0.39 is 0 Å². The molecule has 0 radical (unpaired) electrons. The number of fused-ring (bicyclic) bond motifs is 1. The molecule has 1 aliphatic heterocycles. The fraction of sp³-hybridized carbons (Fsp3) is 0.519. The summed E-state index contributed by atoms with van der Waals surface area (Å²) in [6.07, 6.45) is 10.7. The number of nitrogens with zero attached hydrogens (tertiary/aromatic N) is 5. The van der Waals surface area contributed by atoms with Crippen molar-refractivity contribution in [1.82, 2.24) is 14.9 Å². The molecule has 2 heterocycles. The molecule has 0 bridgehead atoms. The molecule has 0 atom stereocenters. The van der Waals surface area contributed by atoms with Crippen molar-refractivity contribution in [3.8, 4) is 12.3 Å². The Morgan fingerprint density at radius 1 is 1.14 bits per heavy atom. The van der Waals surface area contributed by atoms with E-state index >= 15 is 0 Å². The van der Waals surface area contributed by atoms with Crippen LogP contribution in [0.5, 0.6) is 0 Å². The standard InChI is InChI=1S/C22H28N6.C5H11NO/c1-4-12-28(13-5-2)22-15-21(24-20(6-3)25-22)27-26-19-9-7-8-16-10-11-17(23)14-18(16)19;1-6-2-4-7-5-3-6/h3,10-11,14-15H,4-5,7-9,12-13,23H2,1-2H3,(H,24,25,27);2-5H2,1H3/b26-19+;. The first-order valence-electron chi connectivity index (χ1n) is 12.6. The SMILES string of the molecule is C#Cc1nc(N/N=C2\CCCc3ccc(N)cc32)cc(N(CCC)CCC)n1.CN1CCOCC1. The molecule has 0 saturated carbocycles. The highest BCUT2D eigenvalue weighted by Gasteiger charge is 2.16. The van der Waals surface area contributed by atoms with Gasteiger partial charge in [0.15, 0.2) is 5.82 Å². The molecular formula is C27H39N7O. The molecule has 0 unspecified atom stereocenters. The third-order valence-corrected chi connectivity index (χ3v) is 6.00. The van der Waals surface area contributed by atoms with Gasteiger partial charge >= 0.3 is 0 Å². The smallest absolute Gasteiger partial charge is 0.208 e. The largest absolute Gasteiger partial charge is 0.399 e. The van der Waals surface area contributed by atoms with Crippen molar-refractivity contribution < 1.29 is 4.74 Å². The molecule has 8 heteroatoms. The number of anilines is 3. The minimum atomic E-state index is 0.366. The van der Waals surface area contributed by atoms with Crippen molar-refractivity contribution in [1.29, 1.82) is 0 Å². The monoisotopic (exact) mass is 477 g/mol. The van der Waals surface area contributed by atoms with Gasteiger partial charge in [-0.05, 0) is 62.8 Å². The Morgan fingerprint density at radius 2 is 1.89 bits per heavy atom. The molecule has 1 aromatic carbocycles. The van der Waals surface area contributed by atoms with E-state index in [2.05, 4.69) is 63.2 Å². The number of terminal acetylenes is 1. The van der Waals surface area contributed by atoms with E-state index in [0.29, 0.717) is 11.6 Å². The molecule has 0 amide bonds. The summed E-state index contributed by atoms with van der Waals surface area (Å²) in [5, 5.41) is 4.64. The molecule has 1 fully saturated rings. The number of nitrogens with two attached hydrogens (primary N) is 1. The average molecular weight is 478 g/mol. The molecule has 188 valence electrons. The first kappa shape index (κ1) is 26.5. The summed E-state index contributed by atoms with van der Waals surface area (Å²) in [7, 11) is 2.11. The van der Waals surface area contributed by atoms with E-state index in [1.165, 1.54) is 5.56 Å². The first-order valence-corrected chi connectivity index (χ1v) is 12.6. The van der Waals surface area contributed by atoms with Crippen LogP contribution in [-0.4, -0.2) is 67.0 Å². The van der Waals surface area contributed by atoms with E-state index in [1.807, 2.05) is 18.2 Å². The number of aromatic nitrogens is 2. The number of aryl methyl sites for hydroxylation is 1. The lowest BCUT2D eigenvalue weighted by atomic mass is 9.90. The number of hydrogen-bond acceptors (Lipinski definition) is 8. The summed E-state index contributed by atoms with van der Waals surface area (Å²) in [6, 6.07) is 7.95. The number of benzene rings is 1. The Labute approximate surface area is 210 Å². The fourth-order valence-electron chi connectivity index (χ4n) is 4.16. The number of likely N-dealkylation sites (N-methyl/N-ethyl adjacent to an activating group) is 1. The molecule has 0 spiro atoms. The minimum absolute atomic E-state index is 0.366. The number of nitrogens with one attached hydrogen (secondary N) is 1. The van der Waals surface area contributed by atoms with Gasteiger partial charge in [-0.25, -0.2) is 9.97 Å². The van der Waals surface area contributed by atoms with Gasteiger partial charge < -0.3 is 20.3 Å². The number of ether oxygens (including phenoxy) is 1. The van der Waals surface area contributed by atoms with Crippen LogP contribution in [0, 0.1) is 12.3 Å². The van der Waals surface area contributed by atoms with E-state index in [0.717, 1.165) is 94.3 Å². The number of rotatable bonds is 7. The molecule has 2 aliphatic rings. The predicted molar refractivity (Wildman–Crippen MR) is 145 cm³/mol. The minimum Gasteiger partial charge on any atom is -0.399 e. The third-order valence-electron chi connectivity index (χ3n) is 6.00. The zero-order chi connectivity index (χ0) is 25.0. The molecule has 1 saturated heterocycles. The second-order valence-corrected chi connectivity index (χ2v) is 8.92.